The molecule has 4 N–H and O–H groups in total. The number of ether oxygens (including phenoxy) is 2. The number of amides is 2. The van der Waals surface area contributed by atoms with Crippen LogP contribution in [0.25, 0.3) is 0 Å². The molecule has 2 fully saturated rings. The van der Waals surface area contributed by atoms with Crippen molar-refractivity contribution in [1.82, 2.24) is 10.2 Å². The van der Waals surface area contributed by atoms with Crippen molar-refractivity contribution >= 4 is 23.3 Å². The van der Waals surface area contributed by atoms with Crippen molar-refractivity contribution in [2.24, 2.45) is 5.92 Å². The molecule has 224 valence electrons. The summed E-state index contributed by atoms with van der Waals surface area (Å²) in [6, 6.07) is 22.6. The maximum Gasteiger partial charge on any atom is 0.319 e. The van der Waals surface area contributed by atoms with Crippen molar-refractivity contribution < 1.29 is 24.5 Å². The fraction of sp³-hybridized carbons (Fsp3) is 0.424. The van der Waals surface area contributed by atoms with Crippen LogP contribution in [0.15, 0.2) is 72.8 Å². The Morgan fingerprint density at radius 2 is 1.74 bits per heavy atom. The van der Waals surface area contributed by atoms with Crippen molar-refractivity contribution in [3.05, 3.63) is 100 Å². The van der Waals surface area contributed by atoms with E-state index in [0.717, 1.165) is 35.3 Å². The molecule has 5 rings (SSSR count). The Labute approximate surface area is 252 Å². The molecule has 2 aliphatic heterocycles. The highest BCUT2D eigenvalue weighted by atomic mass is 35.5. The van der Waals surface area contributed by atoms with Gasteiger partial charge in [-0.1, -0.05) is 67.1 Å². The molecule has 3 aromatic rings. The average Bonchev–Trinajstić information content (AvgIpc) is 3.00. The zero-order chi connectivity index (χ0) is 29.7. The molecule has 0 radical (unpaired) electrons. The number of benzene rings is 3. The molecular formula is C33H40ClN3O5. The largest absolute Gasteiger partial charge is 0.392 e. The molecule has 2 amide bonds. The minimum atomic E-state index is -0.875. The number of likely N-dealkylation sites (tertiary alicyclic amines) is 1. The van der Waals surface area contributed by atoms with Gasteiger partial charge < -0.3 is 35.2 Å². The zero-order valence-electron chi connectivity index (χ0n) is 24.1. The molecule has 0 aromatic heterocycles. The first-order valence-electron chi connectivity index (χ1n) is 14.6. The van der Waals surface area contributed by atoms with Crippen LogP contribution in [0.3, 0.4) is 0 Å². The van der Waals surface area contributed by atoms with Crippen molar-refractivity contribution in [3.63, 3.8) is 0 Å². The Morgan fingerprint density at radius 3 is 2.40 bits per heavy atom. The molecule has 0 aliphatic carbocycles. The van der Waals surface area contributed by atoms with Gasteiger partial charge in [0, 0.05) is 48.4 Å². The summed E-state index contributed by atoms with van der Waals surface area (Å²) >= 11 is 6.07. The Balaban J connectivity index is 1.34. The van der Waals surface area contributed by atoms with Crippen molar-refractivity contribution in [3.8, 4) is 0 Å². The fourth-order valence-corrected chi connectivity index (χ4v) is 5.96. The number of carbonyl (C=O) groups is 1. The molecule has 2 saturated heterocycles. The van der Waals surface area contributed by atoms with Crippen molar-refractivity contribution in [2.75, 3.05) is 31.5 Å². The number of aliphatic hydroxyl groups excluding tert-OH is 1. The third-order valence-corrected chi connectivity index (χ3v) is 8.63. The maximum absolute atomic E-state index is 12.1. The lowest BCUT2D eigenvalue weighted by Gasteiger charge is -2.45. The smallest absolute Gasteiger partial charge is 0.319 e. The van der Waals surface area contributed by atoms with Gasteiger partial charge in [0.15, 0.2) is 6.29 Å². The van der Waals surface area contributed by atoms with Gasteiger partial charge >= 0.3 is 6.03 Å². The van der Waals surface area contributed by atoms with Gasteiger partial charge in [-0.25, -0.2) is 4.79 Å². The van der Waals surface area contributed by atoms with E-state index in [2.05, 4.69) is 22.5 Å². The first-order valence-corrected chi connectivity index (χ1v) is 15.0. The average molecular weight is 594 g/mol. The molecule has 2 aliphatic rings. The first kappa shape index (κ1) is 30.5. The molecule has 3 aromatic carbocycles. The quantitative estimate of drug-likeness (QED) is 0.265. The Kier molecular flexibility index (Phi) is 9.83. The van der Waals surface area contributed by atoms with Crippen molar-refractivity contribution in [1.29, 1.82) is 0 Å². The van der Waals surface area contributed by atoms with Crippen LogP contribution in [0.2, 0.25) is 5.02 Å². The van der Waals surface area contributed by atoms with Gasteiger partial charge in [-0.05, 0) is 60.7 Å². The van der Waals surface area contributed by atoms with Crippen LogP contribution in [-0.2, 0) is 21.7 Å². The summed E-state index contributed by atoms with van der Waals surface area (Å²) in [5, 5.41) is 27.2. The number of nitrogens with zero attached hydrogens (tertiary/aromatic N) is 1. The minimum absolute atomic E-state index is 0.0154. The summed E-state index contributed by atoms with van der Waals surface area (Å²) < 4.78 is 13.2. The number of hydrogen-bond acceptors (Lipinski definition) is 6. The van der Waals surface area contributed by atoms with E-state index in [1.165, 1.54) is 0 Å². The van der Waals surface area contributed by atoms with Gasteiger partial charge in [0.05, 0.1) is 24.4 Å². The number of urea groups is 1. The lowest BCUT2D eigenvalue weighted by molar-refractivity contribution is -0.277. The van der Waals surface area contributed by atoms with Crippen molar-refractivity contribution in [2.45, 2.75) is 57.4 Å². The molecule has 9 heteroatoms. The maximum atomic E-state index is 12.1. The van der Waals surface area contributed by atoms with Crippen LogP contribution in [0.1, 0.15) is 61.3 Å². The molecule has 4 atom stereocenters. The van der Waals surface area contributed by atoms with Crippen LogP contribution in [0.4, 0.5) is 10.5 Å². The van der Waals surface area contributed by atoms with E-state index in [4.69, 9.17) is 21.1 Å². The minimum Gasteiger partial charge on any atom is -0.392 e. The normalized spacial score (nSPS) is 24.2. The fourth-order valence-electron chi connectivity index (χ4n) is 5.84. The van der Waals surface area contributed by atoms with Crippen LogP contribution >= 0.6 is 11.6 Å². The highest BCUT2D eigenvalue weighted by Gasteiger charge is 2.41. The lowest BCUT2D eigenvalue weighted by atomic mass is 9.84. The predicted octanol–water partition coefficient (Wildman–Crippen LogP) is 5.75. The number of halogens is 1. The summed E-state index contributed by atoms with van der Waals surface area (Å²) in [6.07, 6.45) is 0.218. The second-order valence-electron chi connectivity index (χ2n) is 11.3. The molecule has 0 unspecified atom stereocenters. The summed E-state index contributed by atoms with van der Waals surface area (Å²) in [6.45, 7) is 6.70. The summed E-state index contributed by atoms with van der Waals surface area (Å²) in [7, 11) is 0. The van der Waals surface area contributed by atoms with E-state index >= 15 is 0 Å². The first-order chi connectivity index (χ1) is 20.3. The molecular weight excluding hydrogens is 554 g/mol. The second-order valence-corrected chi connectivity index (χ2v) is 11.7. The van der Waals surface area contributed by atoms with Gasteiger partial charge in [-0.15, -0.1) is 0 Å². The van der Waals surface area contributed by atoms with Gasteiger partial charge in [-0.3, -0.25) is 0 Å². The van der Waals surface area contributed by atoms with Gasteiger partial charge in [0.2, 0.25) is 0 Å². The van der Waals surface area contributed by atoms with E-state index in [9.17, 15) is 15.0 Å². The molecule has 0 spiro atoms. The summed E-state index contributed by atoms with van der Waals surface area (Å²) in [5.74, 6) is 0.0370. The van der Waals surface area contributed by atoms with Gasteiger partial charge in [0.25, 0.3) is 0 Å². The second kappa shape index (κ2) is 13.5. The molecule has 0 bridgehead atoms. The van der Waals surface area contributed by atoms with E-state index in [-0.39, 0.29) is 30.8 Å². The van der Waals surface area contributed by atoms with Crippen LogP contribution in [0, 0.1) is 5.92 Å². The molecule has 2 heterocycles. The number of anilines is 1. The molecule has 0 saturated carbocycles. The number of aliphatic hydroxyl groups is 2. The van der Waals surface area contributed by atoms with Gasteiger partial charge in [-0.2, -0.15) is 0 Å². The number of nitrogens with one attached hydrogen (secondary N) is 2. The molecule has 42 heavy (non-hydrogen) atoms. The van der Waals surface area contributed by atoms with E-state index in [1.54, 1.807) is 0 Å². The van der Waals surface area contributed by atoms with Crippen LogP contribution in [0.5, 0.6) is 0 Å². The molecule has 8 nitrogen and oxygen atoms in total. The monoisotopic (exact) mass is 593 g/mol. The highest BCUT2D eigenvalue weighted by molar-refractivity contribution is 6.30. The number of rotatable bonds is 8. The van der Waals surface area contributed by atoms with Crippen LogP contribution < -0.4 is 10.6 Å². The van der Waals surface area contributed by atoms with E-state index in [1.807, 2.05) is 79.7 Å². The Bertz CT molecular complexity index is 1330. The Hall–Kier alpha value is -2.98. The number of carbonyl (C=O) groups excluding carboxylic acids is 1. The highest BCUT2D eigenvalue weighted by Crippen LogP contribution is 2.43. The Morgan fingerprint density at radius 1 is 1.02 bits per heavy atom. The van der Waals surface area contributed by atoms with E-state index in [0.29, 0.717) is 36.6 Å². The third-order valence-electron chi connectivity index (χ3n) is 8.38. The topological polar surface area (TPSA) is 103 Å². The summed E-state index contributed by atoms with van der Waals surface area (Å²) in [5.41, 5.74) is 3.36. The van der Waals surface area contributed by atoms with Gasteiger partial charge in [0.1, 0.15) is 0 Å². The standard InChI is InChI=1S/C33H40ClN3O5/c1-3-35-32(39)36-28-6-4-5-25(19-28)31-41-29(22(2)30(42-31)24-9-7-23(21-38)8-10-24)20-37-17-15-33(40,16-18-37)26-11-13-27(34)14-12-26/h4-14,19,22,29-31,38,40H,3,15-18,20-21H2,1-2H3,(H2,35,36,39)/t22-,29+,30+,31+/m1/s1. The predicted molar refractivity (Wildman–Crippen MR) is 163 cm³/mol. The number of piperidine rings is 1. The zero-order valence-corrected chi connectivity index (χ0v) is 24.9. The van der Waals surface area contributed by atoms with Crippen LogP contribution in [-0.4, -0.2) is 53.4 Å². The number of hydrogen-bond donors (Lipinski definition) is 4. The van der Waals surface area contributed by atoms with E-state index < -0.39 is 11.9 Å². The lowest BCUT2D eigenvalue weighted by Crippen LogP contribution is -2.49. The SMILES string of the molecule is CCNC(=O)Nc1cccc([C@H]2O[C@@H](CN3CCC(O)(c4ccc(Cl)cc4)CC3)[C@@H](C)[C@@H](c3ccc(CO)cc3)O2)c1. The third kappa shape index (κ3) is 7.14. The summed E-state index contributed by atoms with van der Waals surface area (Å²) in [4.78, 5) is 14.5.